The molecule has 1 unspecified atom stereocenters. The molecule has 44 heavy (non-hydrogen) atoms. The van der Waals surface area contributed by atoms with E-state index in [0.29, 0.717) is 65.0 Å². The maximum atomic E-state index is 13.6. The molecule has 2 heterocycles. The van der Waals surface area contributed by atoms with E-state index < -0.39 is 0 Å². The second-order valence-corrected chi connectivity index (χ2v) is 10.8. The van der Waals surface area contributed by atoms with Crippen molar-refractivity contribution >= 4 is 11.5 Å². The first-order valence-electron chi connectivity index (χ1n) is 14.5. The first-order valence-corrected chi connectivity index (χ1v) is 14.5. The van der Waals surface area contributed by atoms with Crippen LogP contribution < -0.4 is 24.3 Å². The van der Waals surface area contributed by atoms with Gasteiger partial charge < -0.3 is 34.5 Å². The van der Waals surface area contributed by atoms with Gasteiger partial charge in [-0.2, -0.15) is 0 Å². The molecule has 9 nitrogen and oxygen atoms in total. The van der Waals surface area contributed by atoms with Crippen LogP contribution in [-0.2, 0) is 19.3 Å². The average molecular weight is 595 g/mol. The molecule has 4 aromatic carbocycles. The normalized spacial score (nSPS) is 15.4. The van der Waals surface area contributed by atoms with Crippen molar-refractivity contribution in [1.29, 1.82) is 0 Å². The molecule has 2 aliphatic heterocycles. The SMILES string of the molecule is COc1cc2c(cc1O)C(C(=O)c1cccc(Oc3cc(CC4NCCc5cc(OC)c(O)cc54)ccc3OC)c1)=NCC2. The monoisotopic (exact) mass is 594 g/mol. The molecule has 0 saturated heterocycles. The number of hydrogen-bond donors (Lipinski definition) is 3. The fraction of sp³-hybridized carbons (Fsp3) is 0.257. The van der Waals surface area contributed by atoms with Gasteiger partial charge in [0.25, 0.3) is 0 Å². The van der Waals surface area contributed by atoms with Crippen LogP contribution in [0.4, 0.5) is 0 Å². The molecule has 226 valence electrons. The second-order valence-electron chi connectivity index (χ2n) is 10.8. The number of aromatic hydroxyl groups is 2. The molecule has 0 bridgehead atoms. The molecule has 6 rings (SSSR count). The summed E-state index contributed by atoms with van der Waals surface area (Å²) in [6, 6.07) is 19.7. The minimum Gasteiger partial charge on any atom is -0.504 e. The Bertz CT molecular complexity index is 1760. The molecular formula is C35H34N2O7. The Labute approximate surface area is 255 Å². The summed E-state index contributed by atoms with van der Waals surface area (Å²) in [4.78, 5) is 18.1. The lowest BCUT2D eigenvalue weighted by atomic mass is 9.90. The highest BCUT2D eigenvalue weighted by Gasteiger charge is 2.25. The topological polar surface area (TPSA) is 119 Å². The van der Waals surface area contributed by atoms with Crippen molar-refractivity contribution in [3.8, 4) is 40.2 Å². The maximum Gasteiger partial charge on any atom is 0.211 e. The van der Waals surface area contributed by atoms with E-state index in [4.69, 9.17) is 18.9 Å². The number of hydrogen-bond acceptors (Lipinski definition) is 9. The van der Waals surface area contributed by atoms with Crippen LogP contribution in [0.25, 0.3) is 0 Å². The van der Waals surface area contributed by atoms with Gasteiger partial charge in [0.2, 0.25) is 5.78 Å². The predicted octanol–water partition coefficient (Wildman–Crippen LogP) is 5.57. The molecule has 0 aromatic heterocycles. The first kappa shape index (κ1) is 29.1. The molecule has 1 atom stereocenters. The third-order valence-corrected chi connectivity index (χ3v) is 8.12. The largest absolute Gasteiger partial charge is 0.504 e. The highest BCUT2D eigenvalue weighted by Crippen LogP contribution is 2.38. The first-order chi connectivity index (χ1) is 21.4. The number of phenolic OH excluding ortho intramolecular Hbond substituents is 2. The number of methoxy groups -OCH3 is 3. The van der Waals surface area contributed by atoms with E-state index in [0.717, 1.165) is 35.2 Å². The molecular weight excluding hydrogens is 560 g/mol. The van der Waals surface area contributed by atoms with Gasteiger partial charge in [0, 0.05) is 23.7 Å². The number of rotatable bonds is 9. The van der Waals surface area contributed by atoms with E-state index >= 15 is 0 Å². The summed E-state index contributed by atoms with van der Waals surface area (Å²) in [6.45, 7) is 1.28. The average Bonchev–Trinajstić information content (AvgIpc) is 3.04. The number of Topliss-reactive ketones (excluding diaryl/α,β-unsaturated/α-hetero) is 1. The molecule has 0 aliphatic carbocycles. The third-order valence-electron chi connectivity index (χ3n) is 8.12. The Morgan fingerprint density at radius 3 is 2.36 bits per heavy atom. The molecule has 0 amide bonds. The lowest BCUT2D eigenvalue weighted by Gasteiger charge is -2.28. The summed E-state index contributed by atoms with van der Waals surface area (Å²) in [7, 11) is 4.63. The van der Waals surface area contributed by atoms with Gasteiger partial charge in [-0.25, -0.2) is 0 Å². The van der Waals surface area contributed by atoms with E-state index in [2.05, 4.69) is 10.3 Å². The number of aliphatic imine (C=N–C) groups is 1. The van der Waals surface area contributed by atoms with E-state index in [-0.39, 0.29) is 23.3 Å². The van der Waals surface area contributed by atoms with Crippen LogP contribution in [0.5, 0.6) is 40.2 Å². The van der Waals surface area contributed by atoms with E-state index in [1.165, 1.54) is 13.2 Å². The van der Waals surface area contributed by atoms with Crippen LogP contribution in [-0.4, -0.2) is 56.1 Å². The van der Waals surface area contributed by atoms with Crippen LogP contribution in [0.2, 0.25) is 0 Å². The quantitative estimate of drug-likeness (QED) is 0.215. The lowest BCUT2D eigenvalue weighted by molar-refractivity contribution is 0.106. The van der Waals surface area contributed by atoms with Crippen molar-refractivity contribution in [1.82, 2.24) is 5.32 Å². The fourth-order valence-electron chi connectivity index (χ4n) is 5.90. The third kappa shape index (κ3) is 5.66. The predicted molar refractivity (Wildman–Crippen MR) is 166 cm³/mol. The fourth-order valence-corrected chi connectivity index (χ4v) is 5.90. The minimum atomic E-state index is -0.261. The Balaban J connectivity index is 1.24. The zero-order valence-corrected chi connectivity index (χ0v) is 24.8. The van der Waals surface area contributed by atoms with E-state index in [1.807, 2.05) is 24.3 Å². The van der Waals surface area contributed by atoms with Gasteiger partial charge in [0.05, 0.1) is 21.3 Å². The van der Waals surface area contributed by atoms with Crippen molar-refractivity contribution in [2.75, 3.05) is 34.4 Å². The Morgan fingerprint density at radius 2 is 1.59 bits per heavy atom. The van der Waals surface area contributed by atoms with Crippen LogP contribution in [0.1, 0.15) is 44.2 Å². The number of nitrogens with zero attached hydrogens (tertiary/aromatic N) is 1. The molecule has 0 radical (unpaired) electrons. The van der Waals surface area contributed by atoms with Gasteiger partial charge in [-0.1, -0.05) is 18.2 Å². The standard InChI is InChI=1S/C35H34N2O7/c1-41-30-8-7-20(13-27-25-18-28(38)31(42-2)16-21(25)9-11-36-27)14-33(30)44-24-6-4-5-23(15-24)35(40)34-26-19-29(39)32(43-3)17-22(26)10-12-37-34/h4-8,14-19,27,36,38-39H,9-13H2,1-3H3. The number of fused-ring (bicyclic) bond motifs is 2. The number of carbonyl (C=O) groups is 1. The number of phenols is 2. The lowest BCUT2D eigenvalue weighted by Crippen LogP contribution is -2.31. The van der Waals surface area contributed by atoms with Crippen LogP contribution in [0.15, 0.2) is 71.7 Å². The van der Waals surface area contributed by atoms with Crippen molar-refractivity contribution in [3.05, 3.63) is 100 Å². The van der Waals surface area contributed by atoms with E-state index in [9.17, 15) is 15.0 Å². The van der Waals surface area contributed by atoms with Gasteiger partial charge in [-0.05, 0) is 96.6 Å². The van der Waals surface area contributed by atoms with Crippen molar-refractivity contribution in [2.45, 2.75) is 25.3 Å². The van der Waals surface area contributed by atoms with Crippen LogP contribution in [0.3, 0.4) is 0 Å². The molecule has 0 saturated carbocycles. The maximum absolute atomic E-state index is 13.6. The zero-order valence-electron chi connectivity index (χ0n) is 24.8. The molecule has 4 aromatic rings. The highest BCUT2D eigenvalue weighted by atomic mass is 16.5. The Morgan fingerprint density at radius 1 is 0.841 bits per heavy atom. The molecule has 3 N–H and O–H groups in total. The van der Waals surface area contributed by atoms with Gasteiger partial charge in [0.1, 0.15) is 11.5 Å². The highest BCUT2D eigenvalue weighted by molar-refractivity contribution is 6.52. The molecule has 2 aliphatic rings. The van der Waals surface area contributed by atoms with Gasteiger partial charge >= 0.3 is 0 Å². The Hall–Kier alpha value is -5.02. The molecule has 0 fully saturated rings. The van der Waals surface area contributed by atoms with Crippen molar-refractivity contribution in [2.24, 2.45) is 4.99 Å². The zero-order chi connectivity index (χ0) is 30.8. The van der Waals surface area contributed by atoms with Gasteiger partial charge in [-0.3, -0.25) is 9.79 Å². The van der Waals surface area contributed by atoms with Crippen LogP contribution >= 0.6 is 0 Å². The minimum absolute atomic E-state index is 0.00343. The van der Waals surface area contributed by atoms with Crippen LogP contribution in [0, 0.1) is 0 Å². The molecule has 9 heteroatoms. The van der Waals surface area contributed by atoms with Crippen molar-refractivity contribution in [3.63, 3.8) is 0 Å². The summed E-state index contributed by atoms with van der Waals surface area (Å²) in [5.41, 5.74) is 5.41. The summed E-state index contributed by atoms with van der Waals surface area (Å²) in [5, 5.41) is 24.3. The number of ketones is 1. The van der Waals surface area contributed by atoms with Crippen molar-refractivity contribution < 1.29 is 34.0 Å². The van der Waals surface area contributed by atoms with E-state index in [1.54, 1.807) is 50.6 Å². The number of benzene rings is 4. The van der Waals surface area contributed by atoms with Gasteiger partial charge in [-0.15, -0.1) is 0 Å². The number of ether oxygens (including phenoxy) is 4. The second kappa shape index (κ2) is 12.3. The number of carbonyl (C=O) groups excluding carboxylic acids is 1. The molecule has 0 spiro atoms. The summed E-state index contributed by atoms with van der Waals surface area (Å²) in [6.07, 6.45) is 2.16. The smallest absolute Gasteiger partial charge is 0.211 e. The van der Waals surface area contributed by atoms with Gasteiger partial charge in [0.15, 0.2) is 34.5 Å². The summed E-state index contributed by atoms with van der Waals surface area (Å²) >= 11 is 0. The summed E-state index contributed by atoms with van der Waals surface area (Å²) < 4.78 is 22.4. The summed E-state index contributed by atoms with van der Waals surface area (Å²) in [5.74, 6) is 2.20. The number of nitrogens with one attached hydrogen (secondary N) is 1. The Kier molecular flexibility index (Phi) is 8.13.